The first-order valence-corrected chi connectivity index (χ1v) is 13.9. The van der Waals surface area contributed by atoms with E-state index in [4.69, 9.17) is 23.2 Å². The van der Waals surface area contributed by atoms with E-state index < -0.39 is 21.8 Å². The molecule has 0 aliphatic rings. The maximum Gasteiger partial charge on any atom is 0.246 e. The summed E-state index contributed by atoms with van der Waals surface area (Å²) >= 11 is 15.7. The van der Waals surface area contributed by atoms with Crippen LogP contribution in [0.1, 0.15) is 17.5 Å². The van der Waals surface area contributed by atoms with Crippen molar-refractivity contribution < 1.29 is 18.0 Å². The average molecular weight is 613 g/mol. The van der Waals surface area contributed by atoms with Crippen LogP contribution in [0, 0.1) is 6.92 Å². The summed E-state index contributed by atoms with van der Waals surface area (Å²) in [5.41, 5.74) is 2.23. The molecule has 190 valence electrons. The fourth-order valence-corrected chi connectivity index (χ4v) is 6.23. The average Bonchev–Trinajstić information content (AvgIpc) is 2.83. The third-order valence-corrected chi connectivity index (χ3v) is 8.52. The molecule has 0 spiro atoms. The summed E-state index contributed by atoms with van der Waals surface area (Å²) in [6.45, 7) is 1.47. The van der Waals surface area contributed by atoms with Crippen LogP contribution >= 0.6 is 39.1 Å². The van der Waals surface area contributed by atoms with Crippen LogP contribution < -0.4 is 10.6 Å². The highest BCUT2D eigenvalue weighted by Gasteiger charge is 2.29. The minimum absolute atomic E-state index is 0.00970. The zero-order chi connectivity index (χ0) is 26.3. The normalized spacial score (nSPS) is 11.4. The van der Waals surface area contributed by atoms with E-state index in [2.05, 4.69) is 26.6 Å². The van der Waals surface area contributed by atoms with E-state index in [1.165, 1.54) is 12.1 Å². The van der Waals surface area contributed by atoms with Gasteiger partial charge in [0.1, 0.15) is 4.90 Å². The van der Waals surface area contributed by atoms with Crippen LogP contribution in [-0.4, -0.2) is 37.6 Å². The van der Waals surface area contributed by atoms with Crippen LogP contribution in [0.2, 0.25) is 10.0 Å². The number of nitrogens with one attached hydrogen (secondary N) is 2. The van der Waals surface area contributed by atoms with E-state index in [0.29, 0.717) is 5.69 Å². The van der Waals surface area contributed by atoms with Gasteiger partial charge in [-0.15, -0.1) is 0 Å². The number of halogens is 3. The minimum atomic E-state index is -4.13. The molecule has 11 heteroatoms. The molecule has 0 atom stereocenters. The summed E-state index contributed by atoms with van der Waals surface area (Å²) < 4.78 is 28.9. The number of amides is 2. The summed E-state index contributed by atoms with van der Waals surface area (Å²) in [6, 6.07) is 18.9. The second kappa shape index (κ2) is 12.7. The highest BCUT2D eigenvalue weighted by Crippen LogP contribution is 2.32. The first-order chi connectivity index (χ1) is 17.1. The van der Waals surface area contributed by atoms with Crippen molar-refractivity contribution in [2.24, 2.45) is 0 Å². The molecule has 3 aromatic carbocycles. The maximum absolute atomic E-state index is 13.5. The zero-order valence-corrected chi connectivity index (χ0v) is 23.2. The Hall–Kier alpha value is -2.43. The number of rotatable bonds is 10. The number of hydrogen-bond donors (Lipinski definition) is 2. The molecule has 2 amide bonds. The number of aryl methyl sites for hydroxylation is 1. The Bertz CT molecular complexity index is 1330. The van der Waals surface area contributed by atoms with Crippen LogP contribution in [0.15, 0.2) is 76.1 Å². The molecule has 0 radical (unpaired) electrons. The summed E-state index contributed by atoms with van der Waals surface area (Å²) in [7, 11) is -4.13. The third kappa shape index (κ3) is 7.54. The van der Waals surface area contributed by atoms with Crippen LogP contribution in [0.3, 0.4) is 0 Å². The molecule has 0 saturated heterocycles. The lowest BCUT2D eigenvalue weighted by molar-refractivity contribution is -0.124. The van der Waals surface area contributed by atoms with Gasteiger partial charge in [0.05, 0.1) is 16.6 Å². The van der Waals surface area contributed by atoms with Gasteiger partial charge in [0.25, 0.3) is 0 Å². The molecule has 0 aliphatic carbocycles. The van der Waals surface area contributed by atoms with Crippen molar-refractivity contribution in [1.82, 2.24) is 9.62 Å². The second-order valence-corrected chi connectivity index (χ2v) is 11.5. The molecule has 0 unspecified atom stereocenters. The lowest BCUT2D eigenvalue weighted by Gasteiger charge is -2.23. The van der Waals surface area contributed by atoms with E-state index in [1.54, 1.807) is 36.4 Å². The van der Waals surface area contributed by atoms with Gasteiger partial charge >= 0.3 is 0 Å². The largest absolute Gasteiger partial charge is 0.347 e. The van der Waals surface area contributed by atoms with Crippen LogP contribution in [0.5, 0.6) is 0 Å². The molecule has 0 aliphatic heterocycles. The fraction of sp³-hybridized carbons (Fsp3) is 0.200. The Morgan fingerprint density at radius 1 is 0.944 bits per heavy atom. The molecule has 0 bridgehead atoms. The van der Waals surface area contributed by atoms with Gasteiger partial charge in [-0.3, -0.25) is 9.59 Å². The first kappa shape index (κ1) is 28.1. The summed E-state index contributed by atoms with van der Waals surface area (Å²) in [5.74, 6) is -0.879. The lowest BCUT2D eigenvalue weighted by atomic mass is 10.2. The quantitative estimate of drug-likeness (QED) is 0.320. The van der Waals surface area contributed by atoms with Gasteiger partial charge in [-0.05, 0) is 42.3 Å². The molecule has 36 heavy (non-hydrogen) atoms. The van der Waals surface area contributed by atoms with E-state index in [0.717, 1.165) is 19.9 Å². The number of anilines is 1. The maximum atomic E-state index is 13.5. The SMILES string of the molecule is Cc1ccc(Br)cc1NC(=O)CNC(=O)CCN(Cc1ccccc1)S(=O)(=O)c1c(Cl)cccc1Cl. The number of hydrogen-bond acceptors (Lipinski definition) is 4. The number of carbonyl (C=O) groups excluding carboxylic acids is 2. The Morgan fingerprint density at radius 3 is 2.28 bits per heavy atom. The molecular formula is C25H24BrCl2N3O4S. The highest BCUT2D eigenvalue weighted by molar-refractivity contribution is 9.10. The van der Waals surface area contributed by atoms with E-state index in [9.17, 15) is 18.0 Å². The van der Waals surface area contributed by atoms with Crippen LogP contribution in [0.25, 0.3) is 0 Å². The number of benzene rings is 3. The standard InChI is InChI=1S/C25H24BrCl2N3O4S/c1-17-10-11-19(26)14-22(17)30-24(33)15-29-23(32)12-13-31(16-18-6-3-2-4-7-18)36(34,35)25-20(27)8-5-9-21(25)28/h2-11,14H,12-13,15-16H2,1H3,(H,29,32)(H,30,33). The van der Waals surface area contributed by atoms with Gasteiger partial charge < -0.3 is 10.6 Å². The highest BCUT2D eigenvalue weighted by atomic mass is 79.9. The van der Waals surface area contributed by atoms with E-state index in [-0.39, 0.29) is 41.0 Å². The van der Waals surface area contributed by atoms with E-state index in [1.807, 2.05) is 25.1 Å². The molecule has 0 heterocycles. The number of carbonyl (C=O) groups is 2. The molecule has 0 saturated carbocycles. The predicted octanol–water partition coefficient (Wildman–Crippen LogP) is 5.40. The lowest BCUT2D eigenvalue weighted by Crippen LogP contribution is -2.37. The molecule has 7 nitrogen and oxygen atoms in total. The topological polar surface area (TPSA) is 95.6 Å². The molecule has 0 aromatic heterocycles. The Kier molecular flexibility index (Phi) is 9.92. The second-order valence-electron chi connectivity index (χ2n) is 7.91. The van der Waals surface area contributed by atoms with Crippen molar-refractivity contribution in [3.05, 3.63) is 92.4 Å². The molecule has 2 N–H and O–H groups in total. The summed E-state index contributed by atoms with van der Waals surface area (Å²) in [5, 5.41) is 5.26. The van der Waals surface area contributed by atoms with Crippen molar-refractivity contribution in [3.63, 3.8) is 0 Å². The molecule has 3 aromatic rings. The number of sulfonamides is 1. The molecule has 0 fully saturated rings. The van der Waals surface area contributed by atoms with Crippen molar-refractivity contribution >= 4 is 66.7 Å². The third-order valence-electron chi connectivity index (χ3n) is 5.23. The Balaban J connectivity index is 1.68. The van der Waals surface area contributed by atoms with Crippen molar-refractivity contribution in [1.29, 1.82) is 0 Å². The molecule has 3 rings (SSSR count). The zero-order valence-electron chi connectivity index (χ0n) is 19.3. The molecular weight excluding hydrogens is 589 g/mol. The van der Waals surface area contributed by atoms with Crippen LogP contribution in [0.4, 0.5) is 5.69 Å². The van der Waals surface area contributed by atoms with Crippen LogP contribution in [-0.2, 0) is 26.2 Å². The predicted molar refractivity (Wildman–Crippen MR) is 146 cm³/mol. The van der Waals surface area contributed by atoms with Gasteiger partial charge in [0, 0.05) is 29.7 Å². The number of nitrogens with zero attached hydrogens (tertiary/aromatic N) is 1. The van der Waals surface area contributed by atoms with Gasteiger partial charge in [-0.25, -0.2) is 8.42 Å². The monoisotopic (exact) mass is 611 g/mol. The van der Waals surface area contributed by atoms with Gasteiger partial charge in [-0.1, -0.05) is 81.6 Å². The van der Waals surface area contributed by atoms with Crippen molar-refractivity contribution in [2.45, 2.75) is 24.8 Å². The Morgan fingerprint density at radius 2 is 1.61 bits per heavy atom. The summed E-state index contributed by atoms with van der Waals surface area (Å²) in [4.78, 5) is 24.6. The first-order valence-electron chi connectivity index (χ1n) is 10.9. The minimum Gasteiger partial charge on any atom is -0.347 e. The van der Waals surface area contributed by atoms with Gasteiger partial charge in [-0.2, -0.15) is 4.31 Å². The smallest absolute Gasteiger partial charge is 0.246 e. The van der Waals surface area contributed by atoms with Crippen molar-refractivity contribution in [2.75, 3.05) is 18.4 Å². The van der Waals surface area contributed by atoms with Gasteiger partial charge in [0.15, 0.2) is 0 Å². The fourth-order valence-electron chi connectivity index (χ4n) is 3.35. The van der Waals surface area contributed by atoms with E-state index >= 15 is 0 Å². The van der Waals surface area contributed by atoms with Gasteiger partial charge in [0.2, 0.25) is 21.8 Å². The summed E-state index contributed by atoms with van der Waals surface area (Å²) in [6.07, 6.45) is -0.169. The van der Waals surface area contributed by atoms with Crippen molar-refractivity contribution in [3.8, 4) is 0 Å². The Labute approximate surface area is 229 Å².